The average Bonchev–Trinajstić information content (AvgIpc) is 3.63. The Balaban J connectivity index is 0.749. The van der Waals surface area contributed by atoms with Crippen molar-refractivity contribution >= 4 is 52.8 Å². The fraction of sp³-hybridized carbons (Fsp3) is 0.463. The van der Waals surface area contributed by atoms with Crippen molar-refractivity contribution in [2.45, 2.75) is 82.0 Å². The number of anilines is 2. The van der Waals surface area contributed by atoms with Crippen LogP contribution in [0, 0.1) is 11.3 Å². The molecule has 6 heterocycles. The van der Waals surface area contributed by atoms with Crippen LogP contribution in [-0.4, -0.2) is 118 Å². The molecule has 1 aromatic heterocycles. The number of hydrogen-bond acceptors (Lipinski definition) is 12. The van der Waals surface area contributed by atoms with Gasteiger partial charge in [-0.3, -0.25) is 39.1 Å². The number of piperidine rings is 2. The third-order valence-corrected chi connectivity index (χ3v) is 12.1. The van der Waals surface area contributed by atoms with Crippen LogP contribution in [0.2, 0.25) is 5.02 Å². The van der Waals surface area contributed by atoms with Gasteiger partial charge in [-0.1, -0.05) is 24.1 Å². The summed E-state index contributed by atoms with van der Waals surface area (Å²) < 4.78 is 6.23. The first kappa shape index (κ1) is 38.3. The summed E-state index contributed by atoms with van der Waals surface area (Å²) in [4.78, 5) is 80.9. The van der Waals surface area contributed by atoms with Gasteiger partial charge in [0.15, 0.2) is 0 Å². The molecule has 0 spiro atoms. The van der Waals surface area contributed by atoms with Crippen LogP contribution >= 0.6 is 11.6 Å². The van der Waals surface area contributed by atoms with E-state index in [0.717, 1.165) is 82.6 Å². The fourth-order valence-electron chi connectivity index (χ4n) is 8.85. The van der Waals surface area contributed by atoms with Gasteiger partial charge in [-0.15, -0.1) is 0 Å². The fourth-order valence-corrected chi connectivity index (χ4v) is 9.06. The molecule has 16 heteroatoms. The van der Waals surface area contributed by atoms with Crippen LogP contribution in [0.4, 0.5) is 11.6 Å². The second kappa shape index (κ2) is 16.5. The summed E-state index contributed by atoms with van der Waals surface area (Å²) in [7, 11) is 0. The lowest BCUT2D eigenvalue weighted by molar-refractivity contribution is -0.136. The molecule has 57 heavy (non-hydrogen) atoms. The molecule has 8 rings (SSSR count). The van der Waals surface area contributed by atoms with Gasteiger partial charge < -0.3 is 19.9 Å². The van der Waals surface area contributed by atoms with Gasteiger partial charge in [-0.25, -0.2) is 9.97 Å². The summed E-state index contributed by atoms with van der Waals surface area (Å²) >= 11 is 6.20. The minimum Gasteiger partial charge on any atom is -0.490 e. The zero-order chi connectivity index (χ0) is 39.6. The molecule has 0 saturated carbocycles. The molecule has 15 nitrogen and oxygen atoms in total. The van der Waals surface area contributed by atoms with Crippen LogP contribution < -0.4 is 20.3 Å². The first-order valence-corrected chi connectivity index (χ1v) is 20.1. The van der Waals surface area contributed by atoms with Crippen LogP contribution in [-0.2, 0) is 9.59 Å². The summed E-state index contributed by atoms with van der Waals surface area (Å²) in [6, 6.07) is 11.4. The number of imide groups is 2. The zero-order valence-corrected chi connectivity index (χ0v) is 32.2. The first-order valence-electron chi connectivity index (χ1n) is 19.7. The molecule has 296 valence electrons. The number of piperazine rings is 1. The number of fused-ring (bicyclic) bond motifs is 3. The number of aromatic nitrogens is 2. The molecule has 0 radical (unpaired) electrons. The summed E-state index contributed by atoms with van der Waals surface area (Å²) in [6.45, 7) is 4.93. The highest BCUT2D eigenvalue weighted by Crippen LogP contribution is 2.39. The van der Waals surface area contributed by atoms with Crippen LogP contribution in [0.5, 0.6) is 5.75 Å². The Morgan fingerprint density at radius 2 is 1.70 bits per heavy atom. The summed E-state index contributed by atoms with van der Waals surface area (Å²) in [5, 5.41) is 15.1. The van der Waals surface area contributed by atoms with E-state index >= 15 is 0 Å². The van der Waals surface area contributed by atoms with Crippen molar-refractivity contribution in [2.75, 3.05) is 49.5 Å². The van der Waals surface area contributed by atoms with Crippen molar-refractivity contribution in [2.24, 2.45) is 0 Å². The largest absolute Gasteiger partial charge is 0.490 e. The van der Waals surface area contributed by atoms with E-state index in [4.69, 9.17) is 21.6 Å². The van der Waals surface area contributed by atoms with E-state index < -0.39 is 29.7 Å². The van der Waals surface area contributed by atoms with Gasteiger partial charge in [0.2, 0.25) is 17.8 Å². The number of unbranched alkanes of at least 4 members (excludes halogenated alkanes) is 2. The number of carbonyl (C=O) groups excluding carboxylic acids is 5. The van der Waals surface area contributed by atoms with Gasteiger partial charge in [0.05, 0.1) is 27.3 Å². The van der Waals surface area contributed by atoms with Gasteiger partial charge >= 0.3 is 0 Å². The van der Waals surface area contributed by atoms with Gasteiger partial charge in [-0.2, -0.15) is 5.26 Å². The third kappa shape index (κ3) is 7.88. The van der Waals surface area contributed by atoms with Gasteiger partial charge in [0, 0.05) is 88.2 Å². The SMILES string of the molecule is N#Cc1ccc(OC2CC3CCC(C2)N3C(=O)c2cnc(N3CCN(CCCCCNc4cccc5c4C(=O)N(C4CCC(=O)NC4=O)C5=O)CC3)nc2)cc1Cl. The highest BCUT2D eigenvalue weighted by molar-refractivity contribution is 6.31. The molecule has 5 amide bonds. The lowest BCUT2D eigenvalue weighted by Gasteiger charge is -2.39. The molecule has 3 atom stereocenters. The van der Waals surface area contributed by atoms with Gasteiger partial charge in [0.1, 0.15) is 24.0 Å². The molecular formula is C41H44ClN9O6. The first-order chi connectivity index (χ1) is 27.7. The second-order valence-electron chi connectivity index (χ2n) is 15.3. The van der Waals surface area contributed by atoms with Gasteiger partial charge in [-0.05, 0) is 62.9 Å². The number of halogens is 1. The molecule has 0 aliphatic carbocycles. The number of rotatable bonds is 12. The Kier molecular flexibility index (Phi) is 11.1. The number of nitrogens with one attached hydrogen (secondary N) is 2. The number of ether oxygens (including phenoxy) is 1. The van der Waals surface area contributed by atoms with E-state index in [1.165, 1.54) is 0 Å². The number of carbonyl (C=O) groups is 5. The minimum absolute atomic E-state index is 0.0317. The Labute approximate surface area is 335 Å². The quantitative estimate of drug-likeness (QED) is 0.199. The standard InChI is InChI=1S/C41H44ClN9O6/c42-32-21-29(10-7-25(32)22-43)57-30-19-27-8-9-28(20-30)50(27)38(54)26-23-45-41(46-24-26)49-17-15-48(16-18-49)14-3-1-2-13-44-33-6-4-5-31-36(33)40(56)51(39(31)55)34-11-12-35(52)47-37(34)53/h4-7,10,21,23-24,27-28,30,34,44H,1-3,8-9,11-20H2,(H,47,52,53). The molecule has 2 N–H and O–H groups in total. The maximum absolute atomic E-state index is 13.6. The van der Waals surface area contributed by atoms with Crippen molar-refractivity contribution in [3.05, 3.63) is 76.1 Å². The number of amides is 5. The average molecular weight is 794 g/mol. The van der Waals surface area contributed by atoms with Crippen molar-refractivity contribution in [3.63, 3.8) is 0 Å². The van der Waals surface area contributed by atoms with Gasteiger partial charge in [0.25, 0.3) is 17.7 Å². The van der Waals surface area contributed by atoms with Crippen LogP contribution in [0.25, 0.3) is 0 Å². The second-order valence-corrected chi connectivity index (χ2v) is 15.7. The molecule has 2 bridgehead atoms. The smallest absolute Gasteiger partial charge is 0.264 e. The van der Waals surface area contributed by atoms with Crippen LogP contribution in [0.15, 0.2) is 48.8 Å². The highest BCUT2D eigenvalue weighted by atomic mass is 35.5. The Morgan fingerprint density at radius 3 is 2.40 bits per heavy atom. The third-order valence-electron chi connectivity index (χ3n) is 11.8. The number of nitriles is 1. The molecule has 4 saturated heterocycles. The molecule has 3 aromatic rings. The number of hydrogen-bond donors (Lipinski definition) is 2. The van der Waals surface area contributed by atoms with Crippen LogP contribution in [0.1, 0.15) is 94.4 Å². The Morgan fingerprint density at radius 1 is 0.947 bits per heavy atom. The molecule has 5 aliphatic rings. The van der Waals surface area contributed by atoms with E-state index in [-0.39, 0.29) is 48.1 Å². The van der Waals surface area contributed by atoms with E-state index in [0.29, 0.717) is 40.1 Å². The summed E-state index contributed by atoms with van der Waals surface area (Å²) in [5.41, 5.74) is 2.02. The summed E-state index contributed by atoms with van der Waals surface area (Å²) in [5.74, 6) is -0.829. The molecule has 2 aromatic carbocycles. The Bertz CT molecular complexity index is 2100. The van der Waals surface area contributed by atoms with Crippen molar-refractivity contribution in [3.8, 4) is 11.8 Å². The lowest BCUT2D eigenvalue weighted by Crippen LogP contribution is -2.54. The number of benzene rings is 2. The monoisotopic (exact) mass is 793 g/mol. The molecule has 3 unspecified atom stereocenters. The van der Waals surface area contributed by atoms with Crippen molar-refractivity contribution < 1.29 is 28.7 Å². The molecular weight excluding hydrogens is 750 g/mol. The Hall–Kier alpha value is -5.59. The minimum atomic E-state index is -0.991. The number of nitrogens with zero attached hydrogens (tertiary/aromatic N) is 7. The summed E-state index contributed by atoms with van der Waals surface area (Å²) in [6.07, 6.45) is 9.67. The maximum Gasteiger partial charge on any atom is 0.264 e. The van der Waals surface area contributed by atoms with Crippen molar-refractivity contribution in [1.82, 2.24) is 30.0 Å². The lowest BCUT2D eigenvalue weighted by atomic mass is 9.98. The van der Waals surface area contributed by atoms with E-state index in [9.17, 15) is 24.0 Å². The normalized spacial score (nSPS) is 23.3. The zero-order valence-electron chi connectivity index (χ0n) is 31.5. The predicted molar refractivity (Wildman–Crippen MR) is 209 cm³/mol. The molecule has 5 aliphatic heterocycles. The van der Waals surface area contributed by atoms with E-state index in [1.807, 2.05) is 4.90 Å². The van der Waals surface area contributed by atoms with E-state index in [2.05, 4.69) is 36.5 Å². The topological polar surface area (TPSA) is 181 Å². The van der Waals surface area contributed by atoms with Crippen LogP contribution in [0.3, 0.4) is 0 Å². The molecule has 4 fully saturated rings. The maximum atomic E-state index is 13.6. The highest BCUT2D eigenvalue weighted by Gasteiger charge is 2.46. The van der Waals surface area contributed by atoms with Crippen molar-refractivity contribution in [1.29, 1.82) is 5.26 Å². The predicted octanol–water partition coefficient (Wildman–Crippen LogP) is 4.02. The van der Waals surface area contributed by atoms with E-state index in [1.54, 1.807) is 48.8 Å².